The van der Waals surface area contributed by atoms with E-state index in [2.05, 4.69) is 15.7 Å². The van der Waals surface area contributed by atoms with Crippen LogP contribution in [0.2, 0.25) is 0 Å². The van der Waals surface area contributed by atoms with Gasteiger partial charge in [-0.05, 0) is 22.4 Å². The fraction of sp³-hybridized carbons (Fsp3) is 0.300. The standard InChI is InChI=1S/C20H16F2N4O2S2/c21-20(22)6-13(7-23)26(11-20)18(27)8-24-19(28)15-10-30-17(25-15)5-12-9-29-16-4-2-1-3-14(12)16/h1-4,9-10,13H,5-6,8,11H2,(H,24,28)/t13-/m0/s1. The van der Waals surface area contributed by atoms with Gasteiger partial charge in [-0.1, -0.05) is 18.2 Å². The van der Waals surface area contributed by atoms with Gasteiger partial charge in [-0.15, -0.1) is 22.7 Å². The molecule has 1 aliphatic heterocycles. The molecule has 6 nitrogen and oxygen atoms in total. The predicted octanol–water partition coefficient (Wildman–Crippen LogP) is 3.44. The third-order valence-corrected chi connectivity index (χ3v) is 6.69. The van der Waals surface area contributed by atoms with Crippen LogP contribution in [-0.2, 0) is 11.2 Å². The van der Waals surface area contributed by atoms with E-state index in [0.29, 0.717) is 6.42 Å². The summed E-state index contributed by atoms with van der Waals surface area (Å²) in [5.41, 5.74) is 1.30. The second-order valence-electron chi connectivity index (χ2n) is 6.97. The number of alkyl halides is 2. The van der Waals surface area contributed by atoms with Gasteiger partial charge < -0.3 is 10.2 Å². The second kappa shape index (κ2) is 8.08. The summed E-state index contributed by atoms with van der Waals surface area (Å²) in [6, 6.07) is 8.58. The normalized spacial score (nSPS) is 17.8. The van der Waals surface area contributed by atoms with Crippen LogP contribution in [0.3, 0.4) is 0 Å². The van der Waals surface area contributed by atoms with Crippen LogP contribution in [0.25, 0.3) is 10.1 Å². The third-order valence-electron chi connectivity index (χ3n) is 4.83. The molecule has 0 unspecified atom stereocenters. The monoisotopic (exact) mass is 446 g/mol. The zero-order valence-corrected chi connectivity index (χ0v) is 17.2. The summed E-state index contributed by atoms with van der Waals surface area (Å²) in [4.78, 5) is 29.7. The average molecular weight is 447 g/mol. The molecule has 0 aliphatic carbocycles. The van der Waals surface area contributed by atoms with Crippen LogP contribution in [0.1, 0.15) is 27.5 Å². The van der Waals surface area contributed by atoms with Gasteiger partial charge in [0.15, 0.2) is 0 Å². The van der Waals surface area contributed by atoms with E-state index >= 15 is 0 Å². The van der Waals surface area contributed by atoms with Gasteiger partial charge in [-0.2, -0.15) is 5.26 Å². The molecule has 0 saturated carbocycles. The number of nitrogens with one attached hydrogen (secondary N) is 1. The number of carbonyl (C=O) groups excluding carboxylic acids is 2. The Bertz CT molecular complexity index is 1150. The molecule has 1 saturated heterocycles. The maximum absolute atomic E-state index is 13.5. The van der Waals surface area contributed by atoms with Crippen molar-refractivity contribution in [3.63, 3.8) is 0 Å². The molecule has 0 bridgehead atoms. The molecular formula is C20H16F2N4O2S2. The molecule has 1 aromatic carbocycles. The van der Waals surface area contributed by atoms with Crippen molar-refractivity contribution in [2.45, 2.75) is 24.8 Å². The summed E-state index contributed by atoms with van der Waals surface area (Å²) >= 11 is 2.99. The van der Waals surface area contributed by atoms with E-state index < -0.39 is 43.3 Å². The molecule has 2 amide bonds. The molecule has 154 valence electrons. The van der Waals surface area contributed by atoms with Crippen molar-refractivity contribution in [1.29, 1.82) is 5.26 Å². The van der Waals surface area contributed by atoms with Gasteiger partial charge in [0.2, 0.25) is 5.91 Å². The molecule has 1 atom stereocenters. The van der Waals surface area contributed by atoms with E-state index in [9.17, 15) is 18.4 Å². The highest BCUT2D eigenvalue weighted by Crippen LogP contribution is 2.31. The maximum Gasteiger partial charge on any atom is 0.271 e. The quantitative estimate of drug-likeness (QED) is 0.651. The molecule has 2 aromatic heterocycles. The van der Waals surface area contributed by atoms with Crippen molar-refractivity contribution >= 4 is 44.6 Å². The van der Waals surface area contributed by atoms with Gasteiger partial charge in [-0.25, -0.2) is 13.8 Å². The topological polar surface area (TPSA) is 86.1 Å². The number of aromatic nitrogens is 1. The average Bonchev–Trinajstić information content (AvgIpc) is 3.43. The first-order chi connectivity index (χ1) is 14.4. The van der Waals surface area contributed by atoms with Crippen LogP contribution >= 0.6 is 22.7 Å². The summed E-state index contributed by atoms with van der Waals surface area (Å²) in [5.74, 6) is -4.36. The number of nitrogens with zero attached hydrogens (tertiary/aromatic N) is 3. The molecule has 1 aliphatic rings. The molecule has 4 rings (SSSR count). The maximum atomic E-state index is 13.5. The van der Waals surface area contributed by atoms with Crippen molar-refractivity contribution in [1.82, 2.24) is 15.2 Å². The smallest absolute Gasteiger partial charge is 0.271 e. The number of halogens is 2. The predicted molar refractivity (Wildman–Crippen MR) is 110 cm³/mol. The van der Waals surface area contributed by atoms with E-state index in [1.807, 2.05) is 24.3 Å². The van der Waals surface area contributed by atoms with Gasteiger partial charge in [0.1, 0.15) is 11.7 Å². The number of likely N-dealkylation sites (tertiary alicyclic amines) is 1. The van der Waals surface area contributed by atoms with Crippen LogP contribution in [-0.4, -0.2) is 46.8 Å². The SMILES string of the molecule is N#C[C@@H]1CC(F)(F)CN1C(=O)CNC(=O)c1csc(Cc2csc3ccccc23)n1. The van der Waals surface area contributed by atoms with E-state index in [-0.39, 0.29) is 5.69 Å². The lowest BCUT2D eigenvalue weighted by atomic mass is 10.1. The largest absolute Gasteiger partial charge is 0.342 e. The Labute approximate surface area is 178 Å². The molecule has 3 aromatic rings. The Morgan fingerprint density at radius 1 is 1.30 bits per heavy atom. The highest BCUT2D eigenvalue weighted by molar-refractivity contribution is 7.17. The summed E-state index contributed by atoms with van der Waals surface area (Å²) in [5, 5.41) is 17.0. The van der Waals surface area contributed by atoms with Crippen molar-refractivity contribution in [2.24, 2.45) is 0 Å². The van der Waals surface area contributed by atoms with Crippen LogP contribution in [0.15, 0.2) is 35.0 Å². The van der Waals surface area contributed by atoms with E-state index in [1.54, 1.807) is 22.8 Å². The number of thiazole rings is 1. The zero-order chi connectivity index (χ0) is 21.3. The van der Waals surface area contributed by atoms with Crippen LogP contribution in [0.5, 0.6) is 0 Å². The minimum atomic E-state index is -3.09. The lowest BCUT2D eigenvalue weighted by Crippen LogP contribution is -2.43. The second-order valence-corrected chi connectivity index (χ2v) is 8.82. The van der Waals surface area contributed by atoms with Gasteiger partial charge in [0, 0.05) is 22.9 Å². The number of benzene rings is 1. The molecular weight excluding hydrogens is 430 g/mol. The first kappa shape index (κ1) is 20.4. The third kappa shape index (κ3) is 4.17. The summed E-state index contributed by atoms with van der Waals surface area (Å²) in [7, 11) is 0. The van der Waals surface area contributed by atoms with Crippen LogP contribution in [0, 0.1) is 11.3 Å². The van der Waals surface area contributed by atoms with Crippen LogP contribution in [0.4, 0.5) is 8.78 Å². The van der Waals surface area contributed by atoms with Crippen molar-refractivity contribution < 1.29 is 18.4 Å². The van der Waals surface area contributed by atoms with Gasteiger partial charge >= 0.3 is 0 Å². The number of nitriles is 1. The van der Waals surface area contributed by atoms with Crippen molar-refractivity contribution in [2.75, 3.05) is 13.1 Å². The number of amides is 2. The minimum Gasteiger partial charge on any atom is -0.342 e. The Kier molecular flexibility index (Phi) is 5.49. The van der Waals surface area contributed by atoms with E-state index in [4.69, 9.17) is 5.26 Å². The number of hydrogen-bond acceptors (Lipinski definition) is 6. The first-order valence-electron chi connectivity index (χ1n) is 9.11. The van der Waals surface area contributed by atoms with Gasteiger partial charge in [-0.3, -0.25) is 9.59 Å². The number of rotatable bonds is 5. The number of thiophene rings is 1. The molecule has 1 N–H and O–H groups in total. The first-order valence-corrected chi connectivity index (χ1v) is 10.9. The Balaban J connectivity index is 1.36. The molecule has 0 spiro atoms. The van der Waals surface area contributed by atoms with Crippen molar-refractivity contribution in [3.8, 4) is 6.07 Å². The Morgan fingerprint density at radius 3 is 2.90 bits per heavy atom. The summed E-state index contributed by atoms with van der Waals surface area (Å²) in [6.07, 6.45) is -0.0938. The molecule has 3 heterocycles. The van der Waals surface area contributed by atoms with Gasteiger partial charge in [0.25, 0.3) is 11.8 Å². The summed E-state index contributed by atoms with van der Waals surface area (Å²) in [6.45, 7) is -1.27. The fourth-order valence-corrected chi connectivity index (χ4v) is 5.13. The Morgan fingerprint density at radius 2 is 2.10 bits per heavy atom. The van der Waals surface area contributed by atoms with Crippen molar-refractivity contribution in [3.05, 3.63) is 51.3 Å². The minimum absolute atomic E-state index is 0.172. The van der Waals surface area contributed by atoms with Crippen LogP contribution < -0.4 is 5.32 Å². The molecule has 10 heteroatoms. The number of hydrogen-bond donors (Lipinski definition) is 1. The van der Waals surface area contributed by atoms with E-state index in [1.165, 1.54) is 16.0 Å². The lowest BCUT2D eigenvalue weighted by molar-refractivity contribution is -0.131. The molecule has 0 radical (unpaired) electrons. The molecule has 30 heavy (non-hydrogen) atoms. The number of carbonyl (C=O) groups is 2. The highest BCUT2D eigenvalue weighted by Gasteiger charge is 2.47. The fourth-order valence-electron chi connectivity index (χ4n) is 3.37. The van der Waals surface area contributed by atoms with E-state index in [0.717, 1.165) is 20.9 Å². The number of fused-ring (bicyclic) bond motifs is 1. The highest BCUT2D eigenvalue weighted by atomic mass is 32.1. The zero-order valence-electron chi connectivity index (χ0n) is 15.6. The van der Waals surface area contributed by atoms with Gasteiger partial charge in [0.05, 0.1) is 24.2 Å². The lowest BCUT2D eigenvalue weighted by Gasteiger charge is -2.19. The summed E-state index contributed by atoms with van der Waals surface area (Å²) < 4.78 is 28.1. The Hall–Kier alpha value is -2.90. The molecule has 1 fully saturated rings.